The third-order valence-electron chi connectivity index (χ3n) is 4.89. The first-order chi connectivity index (χ1) is 13.0. The van der Waals surface area contributed by atoms with E-state index in [2.05, 4.69) is 17.0 Å². The zero-order valence-electron chi connectivity index (χ0n) is 15.7. The number of benzene rings is 2. The molecule has 0 unspecified atom stereocenters. The number of anilines is 2. The van der Waals surface area contributed by atoms with Crippen LogP contribution in [-0.4, -0.2) is 49.4 Å². The average molecular weight is 386 g/mol. The van der Waals surface area contributed by atoms with Gasteiger partial charge in [0, 0.05) is 49.5 Å². The van der Waals surface area contributed by atoms with Crippen molar-refractivity contribution in [3.05, 3.63) is 59.1 Å². The van der Waals surface area contributed by atoms with E-state index < -0.39 is 0 Å². The molecule has 1 aliphatic rings. The molecule has 0 bridgehead atoms. The van der Waals surface area contributed by atoms with Gasteiger partial charge in [0.25, 0.3) is 0 Å². The van der Waals surface area contributed by atoms with Crippen molar-refractivity contribution in [3.63, 3.8) is 0 Å². The minimum atomic E-state index is -0.170. The van der Waals surface area contributed by atoms with Crippen LogP contribution in [0, 0.1) is 6.92 Å². The summed E-state index contributed by atoms with van der Waals surface area (Å²) in [6, 6.07) is 15.6. The van der Waals surface area contributed by atoms with E-state index in [0.29, 0.717) is 23.8 Å². The van der Waals surface area contributed by atoms with Gasteiger partial charge in [-0.05, 0) is 36.8 Å². The molecule has 142 valence electrons. The first-order valence-corrected chi connectivity index (χ1v) is 9.45. The van der Waals surface area contributed by atoms with E-state index in [9.17, 15) is 9.59 Å². The summed E-state index contributed by atoms with van der Waals surface area (Å²) >= 11 is 6.09. The third-order valence-corrected chi connectivity index (χ3v) is 5.12. The van der Waals surface area contributed by atoms with Crippen molar-refractivity contribution in [1.29, 1.82) is 0 Å². The van der Waals surface area contributed by atoms with E-state index in [1.165, 1.54) is 17.5 Å². The van der Waals surface area contributed by atoms with Gasteiger partial charge in [-0.1, -0.05) is 35.9 Å². The van der Waals surface area contributed by atoms with Crippen LogP contribution in [0.4, 0.5) is 11.4 Å². The summed E-state index contributed by atoms with van der Waals surface area (Å²) in [7, 11) is 0. The molecule has 2 aromatic carbocycles. The fourth-order valence-corrected chi connectivity index (χ4v) is 3.49. The molecular formula is C21H24ClN3O2. The fraction of sp³-hybridized carbons (Fsp3) is 0.333. The van der Waals surface area contributed by atoms with Gasteiger partial charge in [0.15, 0.2) is 0 Å². The van der Waals surface area contributed by atoms with Gasteiger partial charge < -0.3 is 14.7 Å². The van der Waals surface area contributed by atoms with Crippen molar-refractivity contribution in [3.8, 4) is 0 Å². The van der Waals surface area contributed by atoms with Crippen LogP contribution in [0.2, 0.25) is 5.02 Å². The molecule has 0 radical (unpaired) electrons. The molecule has 1 heterocycles. The van der Waals surface area contributed by atoms with Crippen LogP contribution >= 0.6 is 11.6 Å². The molecule has 0 aromatic heterocycles. The highest BCUT2D eigenvalue weighted by Gasteiger charge is 2.25. The molecule has 1 fully saturated rings. The van der Waals surface area contributed by atoms with Crippen LogP contribution in [0.3, 0.4) is 0 Å². The Bertz CT molecular complexity index is 817. The van der Waals surface area contributed by atoms with E-state index >= 15 is 0 Å². The standard InChI is InChI=1S/C21H24ClN3O2/c1-16-8-9-18(22)14-20(16)25(17(2)26)15-21(27)24-12-10-23(11-13-24)19-6-4-3-5-7-19/h3-9,14H,10-13,15H2,1-2H3. The Kier molecular flexibility index (Phi) is 6.01. The molecular weight excluding hydrogens is 362 g/mol. The number of carbonyl (C=O) groups is 2. The van der Waals surface area contributed by atoms with Gasteiger partial charge in [0.2, 0.25) is 11.8 Å². The molecule has 3 rings (SSSR count). The number of aryl methyl sites for hydroxylation is 1. The van der Waals surface area contributed by atoms with Crippen molar-refractivity contribution >= 4 is 34.8 Å². The number of rotatable bonds is 4. The highest BCUT2D eigenvalue weighted by Crippen LogP contribution is 2.25. The summed E-state index contributed by atoms with van der Waals surface area (Å²) < 4.78 is 0. The Morgan fingerprint density at radius 1 is 1.04 bits per heavy atom. The largest absolute Gasteiger partial charge is 0.368 e. The lowest BCUT2D eigenvalue weighted by Gasteiger charge is -2.37. The van der Waals surface area contributed by atoms with Gasteiger partial charge in [-0.25, -0.2) is 0 Å². The summed E-state index contributed by atoms with van der Waals surface area (Å²) in [4.78, 5) is 30.6. The van der Waals surface area contributed by atoms with Gasteiger partial charge >= 0.3 is 0 Å². The second-order valence-electron chi connectivity index (χ2n) is 6.74. The minimum Gasteiger partial charge on any atom is -0.368 e. The molecule has 2 amide bonds. The maximum atomic E-state index is 12.8. The second kappa shape index (κ2) is 8.44. The first kappa shape index (κ1) is 19.2. The number of halogens is 1. The highest BCUT2D eigenvalue weighted by atomic mass is 35.5. The average Bonchev–Trinajstić information content (AvgIpc) is 2.68. The Balaban J connectivity index is 1.65. The summed E-state index contributed by atoms with van der Waals surface area (Å²) in [6.45, 7) is 6.27. The van der Waals surface area contributed by atoms with Gasteiger partial charge in [0.05, 0.1) is 0 Å². The third kappa shape index (κ3) is 4.61. The van der Waals surface area contributed by atoms with Crippen LogP contribution < -0.4 is 9.80 Å². The van der Waals surface area contributed by atoms with E-state index in [0.717, 1.165) is 18.7 Å². The lowest BCUT2D eigenvalue weighted by Crippen LogP contribution is -2.52. The zero-order chi connectivity index (χ0) is 19.4. The molecule has 2 aromatic rings. The number of piperazine rings is 1. The first-order valence-electron chi connectivity index (χ1n) is 9.08. The number of carbonyl (C=O) groups excluding carboxylic acids is 2. The number of hydrogen-bond acceptors (Lipinski definition) is 3. The van der Waals surface area contributed by atoms with Gasteiger partial charge in [-0.3, -0.25) is 9.59 Å². The summed E-state index contributed by atoms with van der Waals surface area (Å²) in [5, 5.41) is 0.547. The van der Waals surface area contributed by atoms with Crippen molar-refractivity contribution < 1.29 is 9.59 Å². The van der Waals surface area contributed by atoms with Crippen molar-refractivity contribution in [2.45, 2.75) is 13.8 Å². The lowest BCUT2D eigenvalue weighted by atomic mass is 10.1. The summed E-state index contributed by atoms with van der Waals surface area (Å²) in [6.07, 6.45) is 0. The van der Waals surface area contributed by atoms with Crippen LogP contribution in [0.1, 0.15) is 12.5 Å². The smallest absolute Gasteiger partial charge is 0.242 e. The molecule has 0 saturated carbocycles. The van der Waals surface area contributed by atoms with E-state index in [1.807, 2.05) is 36.1 Å². The molecule has 6 heteroatoms. The normalized spacial score (nSPS) is 14.2. The summed E-state index contributed by atoms with van der Waals surface area (Å²) in [5.41, 5.74) is 2.77. The molecule has 0 N–H and O–H groups in total. The molecule has 0 aliphatic carbocycles. The Morgan fingerprint density at radius 2 is 1.70 bits per heavy atom. The Morgan fingerprint density at radius 3 is 2.33 bits per heavy atom. The quantitative estimate of drug-likeness (QED) is 0.810. The van der Waals surface area contributed by atoms with Gasteiger partial charge in [-0.15, -0.1) is 0 Å². The van der Waals surface area contributed by atoms with Crippen molar-refractivity contribution in [2.24, 2.45) is 0 Å². The van der Waals surface area contributed by atoms with E-state index in [-0.39, 0.29) is 18.4 Å². The lowest BCUT2D eigenvalue weighted by molar-refractivity contribution is -0.131. The molecule has 0 spiro atoms. The summed E-state index contributed by atoms with van der Waals surface area (Å²) in [5.74, 6) is -0.214. The second-order valence-corrected chi connectivity index (χ2v) is 7.18. The number of amides is 2. The number of para-hydroxylation sites is 1. The van der Waals surface area contributed by atoms with Gasteiger partial charge in [-0.2, -0.15) is 0 Å². The fourth-order valence-electron chi connectivity index (χ4n) is 3.33. The topological polar surface area (TPSA) is 43.9 Å². The molecule has 5 nitrogen and oxygen atoms in total. The minimum absolute atomic E-state index is 0.0296. The molecule has 1 saturated heterocycles. The maximum absolute atomic E-state index is 12.8. The van der Waals surface area contributed by atoms with Crippen LogP contribution in [0.5, 0.6) is 0 Å². The SMILES string of the molecule is CC(=O)N(CC(=O)N1CCN(c2ccccc2)CC1)c1cc(Cl)ccc1C. The van der Waals surface area contributed by atoms with Crippen LogP contribution in [0.15, 0.2) is 48.5 Å². The highest BCUT2D eigenvalue weighted by molar-refractivity contribution is 6.31. The van der Waals surface area contributed by atoms with Gasteiger partial charge in [0.1, 0.15) is 6.54 Å². The molecule has 0 atom stereocenters. The predicted molar refractivity (Wildman–Crippen MR) is 109 cm³/mol. The monoisotopic (exact) mass is 385 g/mol. The van der Waals surface area contributed by atoms with Crippen LogP contribution in [0.25, 0.3) is 0 Å². The molecule has 1 aliphatic heterocycles. The zero-order valence-corrected chi connectivity index (χ0v) is 16.4. The Hall–Kier alpha value is -2.53. The Labute approximate surface area is 165 Å². The van der Waals surface area contributed by atoms with E-state index in [1.54, 1.807) is 12.1 Å². The van der Waals surface area contributed by atoms with Crippen LogP contribution in [-0.2, 0) is 9.59 Å². The van der Waals surface area contributed by atoms with Crippen molar-refractivity contribution in [2.75, 3.05) is 42.5 Å². The maximum Gasteiger partial charge on any atom is 0.242 e. The predicted octanol–water partition coefficient (Wildman–Crippen LogP) is 3.35. The van der Waals surface area contributed by atoms with Crippen molar-refractivity contribution in [1.82, 2.24) is 4.90 Å². The molecule has 27 heavy (non-hydrogen) atoms. The number of nitrogens with zero attached hydrogens (tertiary/aromatic N) is 3. The number of hydrogen-bond donors (Lipinski definition) is 0. The van der Waals surface area contributed by atoms with E-state index in [4.69, 9.17) is 11.6 Å².